The summed E-state index contributed by atoms with van der Waals surface area (Å²) in [7, 11) is 0. The first-order chi connectivity index (χ1) is 8.97. The molecule has 19 heavy (non-hydrogen) atoms. The smallest absolute Gasteiger partial charge is 0.232 e. The molecule has 0 saturated carbocycles. The van der Waals surface area contributed by atoms with E-state index in [-0.39, 0.29) is 17.6 Å². The van der Waals surface area contributed by atoms with Gasteiger partial charge >= 0.3 is 0 Å². The topological polar surface area (TPSA) is 41.1 Å². The molecule has 1 unspecified atom stereocenters. The number of rotatable bonds is 3. The minimum absolute atomic E-state index is 0.0827. The maximum Gasteiger partial charge on any atom is 0.232 e. The van der Waals surface area contributed by atoms with E-state index in [1.807, 2.05) is 13.8 Å². The van der Waals surface area contributed by atoms with Crippen molar-refractivity contribution >= 4 is 11.6 Å². The van der Waals surface area contributed by atoms with Crippen LogP contribution >= 0.6 is 0 Å². The number of carbonyl (C=O) groups excluding carboxylic acids is 1. The fourth-order valence-electron chi connectivity index (χ4n) is 2.69. The molecule has 1 amide bonds. The average molecular weight is 264 g/mol. The van der Waals surface area contributed by atoms with Gasteiger partial charge in [0, 0.05) is 6.54 Å². The normalized spacial score (nSPS) is 22.8. The molecule has 2 N–H and O–H groups in total. The van der Waals surface area contributed by atoms with Gasteiger partial charge in [0.05, 0.1) is 11.1 Å². The monoisotopic (exact) mass is 264 g/mol. The highest BCUT2D eigenvalue weighted by Gasteiger charge is 2.44. The van der Waals surface area contributed by atoms with Crippen molar-refractivity contribution < 1.29 is 9.18 Å². The first-order valence-electron chi connectivity index (χ1n) is 6.74. The Morgan fingerprint density at radius 1 is 1.47 bits per heavy atom. The third-order valence-corrected chi connectivity index (χ3v) is 4.21. The molecule has 0 radical (unpaired) electrons. The van der Waals surface area contributed by atoms with Crippen LogP contribution in [0.3, 0.4) is 0 Å². The van der Waals surface area contributed by atoms with Crippen molar-refractivity contribution in [1.29, 1.82) is 0 Å². The zero-order chi connectivity index (χ0) is 14.0. The second kappa shape index (κ2) is 5.29. The van der Waals surface area contributed by atoms with E-state index in [9.17, 15) is 9.18 Å². The summed E-state index contributed by atoms with van der Waals surface area (Å²) in [6, 6.07) is 4.82. The standard InChI is InChI=1S/C15H21FN2O/c1-10(2)15(7-8-17-9-15)14(19)18-13-11(3)5-4-6-12(13)16/h4-6,10,17H,7-9H2,1-3H3,(H,18,19). The van der Waals surface area contributed by atoms with E-state index < -0.39 is 5.41 Å². The number of amides is 1. The van der Waals surface area contributed by atoms with Crippen LogP contribution in [0.1, 0.15) is 25.8 Å². The Bertz CT molecular complexity index is 459. The van der Waals surface area contributed by atoms with E-state index in [1.54, 1.807) is 19.1 Å². The van der Waals surface area contributed by atoms with Crippen molar-refractivity contribution in [3.05, 3.63) is 29.6 Å². The molecule has 1 atom stereocenters. The van der Waals surface area contributed by atoms with Crippen LogP contribution in [0.25, 0.3) is 0 Å². The molecule has 0 aromatic heterocycles. The number of aryl methyl sites for hydroxylation is 1. The average Bonchev–Trinajstić information content (AvgIpc) is 2.84. The van der Waals surface area contributed by atoms with E-state index in [1.165, 1.54) is 6.07 Å². The minimum atomic E-state index is -0.436. The Labute approximate surface area is 113 Å². The first-order valence-corrected chi connectivity index (χ1v) is 6.74. The summed E-state index contributed by atoms with van der Waals surface area (Å²) in [5, 5.41) is 6.02. The lowest BCUT2D eigenvalue weighted by Crippen LogP contribution is -2.42. The fourth-order valence-corrected chi connectivity index (χ4v) is 2.69. The van der Waals surface area contributed by atoms with Crippen molar-refractivity contribution in [3.63, 3.8) is 0 Å². The zero-order valence-electron chi connectivity index (χ0n) is 11.7. The molecule has 1 aromatic rings. The van der Waals surface area contributed by atoms with Gasteiger partial charge in [0.1, 0.15) is 5.82 Å². The van der Waals surface area contributed by atoms with Gasteiger partial charge in [0.25, 0.3) is 0 Å². The zero-order valence-corrected chi connectivity index (χ0v) is 11.7. The Morgan fingerprint density at radius 3 is 2.74 bits per heavy atom. The van der Waals surface area contributed by atoms with E-state index in [2.05, 4.69) is 10.6 Å². The van der Waals surface area contributed by atoms with Crippen molar-refractivity contribution in [1.82, 2.24) is 5.32 Å². The van der Waals surface area contributed by atoms with Gasteiger partial charge < -0.3 is 10.6 Å². The summed E-state index contributed by atoms with van der Waals surface area (Å²) in [5.74, 6) is -0.242. The molecule has 1 fully saturated rings. The van der Waals surface area contributed by atoms with Crippen molar-refractivity contribution in [2.75, 3.05) is 18.4 Å². The maximum absolute atomic E-state index is 13.8. The van der Waals surface area contributed by atoms with E-state index in [0.29, 0.717) is 12.2 Å². The Kier molecular flexibility index (Phi) is 3.90. The molecule has 1 aliphatic rings. The van der Waals surface area contributed by atoms with Gasteiger partial charge in [-0.1, -0.05) is 26.0 Å². The quantitative estimate of drug-likeness (QED) is 0.881. The van der Waals surface area contributed by atoms with Crippen LogP contribution in [0.15, 0.2) is 18.2 Å². The van der Waals surface area contributed by atoms with Crippen LogP contribution in [0.2, 0.25) is 0 Å². The first kappa shape index (κ1) is 14.0. The molecule has 0 spiro atoms. The molecular weight excluding hydrogens is 243 g/mol. The number of nitrogens with one attached hydrogen (secondary N) is 2. The summed E-state index contributed by atoms with van der Waals surface area (Å²) in [4.78, 5) is 12.6. The molecule has 1 saturated heterocycles. The number of para-hydroxylation sites is 1. The number of halogens is 1. The highest BCUT2D eigenvalue weighted by Crippen LogP contribution is 2.36. The van der Waals surface area contributed by atoms with Gasteiger partial charge in [0.2, 0.25) is 5.91 Å². The predicted molar refractivity (Wildman–Crippen MR) is 74.5 cm³/mol. The summed E-state index contributed by atoms with van der Waals surface area (Å²) in [6.45, 7) is 7.38. The molecule has 104 valence electrons. The molecule has 1 aliphatic heterocycles. The van der Waals surface area contributed by atoms with Crippen molar-refractivity contribution in [2.24, 2.45) is 11.3 Å². The summed E-state index contributed by atoms with van der Waals surface area (Å²) in [6.07, 6.45) is 0.796. The van der Waals surface area contributed by atoms with Crippen LogP contribution in [-0.2, 0) is 4.79 Å². The molecular formula is C15H21FN2O. The van der Waals surface area contributed by atoms with Crippen molar-refractivity contribution in [2.45, 2.75) is 27.2 Å². The Hall–Kier alpha value is -1.42. The highest BCUT2D eigenvalue weighted by molar-refractivity contribution is 5.96. The molecule has 2 rings (SSSR count). The van der Waals surface area contributed by atoms with Gasteiger partial charge in [-0.2, -0.15) is 0 Å². The molecule has 3 nitrogen and oxygen atoms in total. The largest absolute Gasteiger partial charge is 0.323 e. The van der Waals surface area contributed by atoms with E-state index >= 15 is 0 Å². The van der Waals surface area contributed by atoms with E-state index in [4.69, 9.17) is 0 Å². The van der Waals surface area contributed by atoms with Gasteiger partial charge in [-0.15, -0.1) is 0 Å². The molecule has 4 heteroatoms. The van der Waals surface area contributed by atoms with Crippen LogP contribution in [0.4, 0.5) is 10.1 Å². The molecule has 1 aromatic carbocycles. The van der Waals surface area contributed by atoms with Crippen LogP contribution < -0.4 is 10.6 Å². The predicted octanol–water partition coefficient (Wildman–Crippen LogP) is 2.71. The second-order valence-electron chi connectivity index (χ2n) is 5.62. The lowest BCUT2D eigenvalue weighted by molar-refractivity contribution is -0.126. The van der Waals surface area contributed by atoms with Gasteiger partial charge in [-0.3, -0.25) is 4.79 Å². The SMILES string of the molecule is Cc1cccc(F)c1NC(=O)C1(C(C)C)CCNC1. The molecule has 0 aliphatic carbocycles. The molecule has 0 bridgehead atoms. The van der Waals surface area contributed by atoms with Gasteiger partial charge in [-0.25, -0.2) is 4.39 Å². The summed E-state index contributed by atoms with van der Waals surface area (Å²) in [5.41, 5.74) is 0.618. The van der Waals surface area contributed by atoms with Crippen LogP contribution in [-0.4, -0.2) is 19.0 Å². The van der Waals surface area contributed by atoms with Crippen molar-refractivity contribution in [3.8, 4) is 0 Å². The second-order valence-corrected chi connectivity index (χ2v) is 5.62. The van der Waals surface area contributed by atoms with E-state index in [0.717, 1.165) is 18.5 Å². The number of hydrogen-bond acceptors (Lipinski definition) is 2. The third-order valence-electron chi connectivity index (χ3n) is 4.21. The van der Waals surface area contributed by atoms with Gasteiger partial charge in [-0.05, 0) is 37.4 Å². The maximum atomic E-state index is 13.8. The number of hydrogen-bond donors (Lipinski definition) is 2. The lowest BCUT2D eigenvalue weighted by atomic mass is 9.75. The highest BCUT2D eigenvalue weighted by atomic mass is 19.1. The lowest BCUT2D eigenvalue weighted by Gasteiger charge is -2.31. The summed E-state index contributed by atoms with van der Waals surface area (Å²) >= 11 is 0. The number of benzene rings is 1. The molecule has 1 heterocycles. The summed E-state index contributed by atoms with van der Waals surface area (Å²) < 4.78 is 13.8. The van der Waals surface area contributed by atoms with Crippen LogP contribution in [0.5, 0.6) is 0 Å². The number of carbonyl (C=O) groups is 1. The Morgan fingerprint density at radius 2 is 2.21 bits per heavy atom. The Balaban J connectivity index is 2.25. The minimum Gasteiger partial charge on any atom is -0.323 e. The van der Waals surface area contributed by atoms with Crippen LogP contribution in [0, 0.1) is 24.1 Å². The fraction of sp³-hybridized carbons (Fsp3) is 0.533. The van der Waals surface area contributed by atoms with Gasteiger partial charge in [0.15, 0.2) is 0 Å². The third kappa shape index (κ3) is 2.50. The number of anilines is 1.